The predicted molar refractivity (Wildman–Crippen MR) is 145 cm³/mol. The number of hydrazone groups is 1. The van der Waals surface area contributed by atoms with Crippen LogP contribution in [0.3, 0.4) is 0 Å². The number of pyridine rings is 1. The van der Waals surface area contributed by atoms with Gasteiger partial charge in [0.25, 0.3) is 0 Å². The van der Waals surface area contributed by atoms with Crippen LogP contribution in [0.4, 0.5) is 10.1 Å². The zero-order valence-corrected chi connectivity index (χ0v) is 22.0. The van der Waals surface area contributed by atoms with E-state index in [1.54, 1.807) is 19.5 Å². The molecule has 2 aliphatic rings. The minimum absolute atomic E-state index is 0.107. The Morgan fingerprint density at radius 2 is 1.92 bits per heavy atom. The zero-order valence-electron chi connectivity index (χ0n) is 22.0. The quantitative estimate of drug-likeness (QED) is 0.397. The summed E-state index contributed by atoms with van der Waals surface area (Å²) >= 11 is 0. The first-order valence-electron chi connectivity index (χ1n) is 13.1. The van der Waals surface area contributed by atoms with Crippen LogP contribution in [-0.4, -0.2) is 52.0 Å². The predicted octanol–water partition coefficient (Wildman–Crippen LogP) is 5.83. The van der Waals surface area contributed by atoms with Crippen molar-refractivity contribution in [3.63, 3.8) is 0 Å². The Balaban J connectivity index is 1.38. The van der Waals surface area contributed by atoms with Crippen molar-refractivity contribution in [1.29, 1.82) is 0 Å². The molecular weight excluding hydrogens is 467 g/mol. The van der Waals surface area contributed by atoms with Gasteiger partial charge in [-0.3, -0.25) is 5.01 Å². The Morgan fingerprint density at radius 1 is 1.11 bits per heavy atom. The van der Waals surface area contributed by atoms with Crippen LogP contribution in [-0.2, 0) is 0 Å². The summed E-state index contributed by atoms with van der Waals surface area (Å²) in [6, 6.07) is 9.43. The molecule has 0 N–H and O–H groups in total. The Kier molecular flexibility index (Phi) is 7.26. The maximum atomic E-state index is 15.1. The number of allylic oxidation sites excluding steroid dienone is 1. The van der Waals surface area contributed by atoms with Crippen LogP contribution < -0.4 is 9.64 Å². The van der Waals surface area contributed by atoms with Crippen LogP contribution in [0.1, 0.15) is 61.9 Å². The smallest absolute Gasteiger partial charge is 0.238 e. The number of benzene rings is 1. The van der Waals surface area contributed by atoms with Crippen LogP contribution in [0, 0.1) is 12.7 Å². The molecule has 0 amide bonds. The van der Waals surface area contributed by atoms with Crippen molar-refractivity contribution in [2.24, 2.45) is 5.10 Å². The van der Waals surface area contributed by atoms with Crippen molar-refractivity contribution in [1.82, 2.24) is 19.5 Å². The van der Waals surface area contributed by atoms with Gasteiger partial charge in [-0.25, -0.2) is 14.4 Å². The summed E-state index contributed by atoms with van der Waals surface area (Å²) in [6.45, 7) is 11.0. The van der Waals surface area contributed by atoms with E-state index in [4.69, 9.17) is 14.8 Å². The molecule has 8 heteroatoms. The summed E-state index contributed by atoms with van der Waals surface area (Å²) in [4.78, 5) is 11.4. The zero-order chi connectivity index (χ0) is 25.9. The molecule has 1 atom stereocenters. The SMILES string of the molecule is C=C1[C@H](c2cc(N3CCCCC3)ccc2F)CCCN1/N=C(\C)c1ccc(-n2cnc(C)c2)c(OC)n1. The van der Waals surface area contributed by atoms with Gasteiger partial charge in [0, 0.05) is 43.1 Å². The number of nitrogens with zero attached hydrogens (tertiary/aromatic N) is 6. The first-order chi connectivity index (χ1) is 17.9. The van der Waals surface area contributed by atoms with E-state index in [0.29, 0.717) is 17.1 Å². The van der Waals surface area contributed by atoms with Gasteiger partial charge in [-0.05, 0) is 81.8 Å². The number of methoxy groups -OCH3 is 1. The Labute approximate surface area is 218 Å². The number of piperidine rings is 2. The summed E-state index contributed by atoms with van der Waals surface area (Å²) in [5.74, 6) is 0.215. The highest BCUT2D eigenvalue weighted by Gasteiger charge is 2.28. The van der Waals surface area contributed by atoms with Gasteiger partial charge < -0.3 is 14.2 Å². The summed E-state index contributed by atoms with van der Waals surface area (Å²) in [7, 11) is 1.61. The van der Waals surface area contributed by atoms with E-state index in [1.807, 2.05) is 53.9 Å². The first kappa shape index (κ1) is 25.0. The summed E-state index contributed by atoms with van der Waals surface area (Å²) in [5, 5.41) is 6.78. The molecule has 0 saturated carbocycles. The lowest BCUT2D eigenvalue weighted by atomic mass is 9.87. The minimum atomic E-state index is -0.175. The second-order valence-corrected chi connectivity index (χ2v) is 9.90. The third-order valence-corrected chi connectivity index (χ3v) is 7.34. The molecule has 4 heterocycles. The number of hydrogen-bond donors (Lipinski definition) is 0. The topological polar surface area (TPSA) is 58.8 Å². The Bertz CT molecular complexity index is 1310. The number of ether oxygens (including phenoxy) is 1. The molecule has 2 saturated heterocycles. The van der Waals surface area contributed by atoms with Crippen LogP contribution in [0.15, 0.2) is 60.2 Å². The van der Waals surface area contributed by atoms with Gasteiger partial charge in [-0.1, -0.05) is 6.58 Å². The molecule has 194 valence electrons. The fraction of sp³-hybridized carbons (Fsp3) is 0.414. The van der Waals surface area contributed by atoms with Crippen molar-refractivity contribution in [2.45, 2.75) is 51.9 Å². The van der Waals surface area contributed by atoms with E-state index in [0.717, 1.165) is 61.0 Å². The molecule has 0 spiro atoms. The average Bonchev–Trinajstić information content (AvgIpc) is 3.36. The van der Waals surface area contributed by atoms with Crippen molar-refractivity contribution >= 4 is 11.4 Å². The lowest BCUT2D eigenvalue weighted by Crippen LogP contribution is -2.31. The lowest BCUT2D eigenvalue weighted by molar-refractivity contribution is 0.282. The van der Waals surface area contributed by atoms with E-state index >= 15 is 4.39 Å². The summed E-state index contributed by atoms with van der Waals surface area (Å²) < 4.78 is 22.5. The van der Waals surface area contributed by atoms with Crippen LogP contribution in [0.2, 0.25) is 0 Å². The number of hydrogen-bond acceptors (Lipinski definition) is 6. The van der Waals surface area contributed by atoms with E-state index in [2.05, 4.69) is 16.5 Å². The van der Waals surface area contributed by atoms with Gasteiger partial charge in [0.2, 0.25) is 5.88 Å². The third-order valence-electron chi connectivity index (χ3n) is 7.34. The second-order valence-electron chi connectivity index (χ2n) is 9.90. The standard InChI is InChI=1S/C29H35FN6O/c1-20-18-35(19-31-20)28-13-12-27(32-29(28)37-4)21(2)33-36-16-8-9-24(22(36)3)25-17-23(10-11-26(25)30)34-14-6-5-7-15-34/h10-13,17-19,24H,3,5-9,14-16H2,1-2,4H3/b33-21+/t24-/m1/s1. The van der Waals surface area contributed by atoms with Gasteiger partial charge in [-0.2, -0.15) is 5.10 Å². The van der Waals surface area contributed by atoms with Gasteiger partial charge in [-0.15, -0.1) is 0 Å². The molecule has 0 aliphatic carbocycles. The van der Waals surface area contributed by atoms with Gasteiger partial charge in [0.15, 0.2) is 0 Å². The molecule has 0 unspecified atom stereocenters. The molecule has 1 aromatic carbocycles. The van der Waals surface area contributed by atoms with E-state index in [-0.39, 0.29) is 11.7 Å². The fourth-order valence-corrected chi connectivity index (χ4v) is 5.30. The molecule has 0 radical (unpaired) electrons. The Morgan fingerprint density at radius 3 is 2.65 bits per heavy atom. The van der Waals surface area contributed by atoms with Crippen molar-refractivity contribution in [2.75, 3.05) is 31.6 Å². The second kappa shape index (κ2) is 10.7. The highest BCUT2D eigenvalue weighted by Crippen LogP contribution is 2.38. The molecule has 7 nitrogen and oxygen atoms in total. The van der Waals surface area contributed by atoms with Crippen molar-refractivity contribution < 1.29 is 9.13 Å². The Hall–Kier alpha value is -3.68. The first-order valence-corrected chi connectivity index (χ1v) is 13.1. The average molecular weight is 503 g/mol. The highest BCUT2D eigenvalue weighted by molar-refractivity contribution is 5.97. The summed E-state index contributed by atoms with van der Waals surface area (Å²) in [6.07, 6.45) is 9.07. The van der Waals surface area contributed by atoms with Crippen LogP contribution in [0.5, 0.6) is 5.88 Å². The van der Waals surface area contributed by atoms with Gasteiger partial charge >= 0.3 is 0 Å². The number of anilines is 1. The molecule has 2 aromatic heterocycles. The van der Waals surface area contributed by atoms with E-state index < -0.39 is 0 Å². The number of aryl methyl sites for hydroxylation is 1. The van der Waals surface area contributed by atoms with Crippen molar-refractivity contribution in [3.05, 3.63) is 77.9 Å². The summed E-state index contributed by atoms with van der Waals surface area (Å²) in [5.41, 5.74) is 5.82. The fourth-order valence-electron chi connectivity index (χ4n) is 5.30. The molecule has 37 heavy (non-hydrogen) atoms. The normalized spacial score (nSPS) is 18.9. The number of rotatable bonds is 6. The lowest BCUT2D eigenvalue weighted by Gasteiger charge is -2.35. The van der Waals surface area contributed by atoms with Crippen LogP contribution >= 0.6 is 0 Å². The van der Waals surface area contributed by atoms with Crippen LogP contribution in [0.25, 0.3) is 5.69 Å². The van der Waals surface area contributed by atoms with E-state index in [1.165, 1.54) is 19.3 Å². The molecule has 3 aromatic rings. The largest absolute Gasteiger partial charge is 0.479 e. The molecule has 0 bridgehead atoms. The molecule has 2 aliphatic heterocycles. The number of halogens is 1. The molecule has 5 rings (SSSR count). The van der Waals surface area contributed by atoms with Gasteiger partial charge in [0.1, 0.15) is 11.5 Å². The molecular formula is C29H35FN6O. The maximum absolute atomic E-state index is 15.1. The third kappa shape index (κ3) is 5.24. The van der Waals surface area contributed by atoms with Crippen molar-refractivity contribution in [3.8, 4) is 11.6 Å². The molecule has 2 fully saturated rings. The number of imidazole rings is 1. The minimum Gasteiger partial charge on any atom is -0.479 e. The van der Waals surface area contributed by atoms with Gasteiger partial charge in [0.05, 0.1) is 30.5 Å². The highest BCUT2D eigenvalue weighted by atomic mass is 19.1. The van der Waals surface area contributed by atoms with E-state index in [9.17, 15) is 0 Å². The number of aromatic nitrogens is 3. The monoisotopic (exact) mass is 502 g/mol. The maximum Gasteiger partial charge on any atom is 0.238 e.